The summed E-state index contributed by atoms with van der Waals surface area (Å²) >= 11 is 5.97. The van der Waals surface area contributed by atoms with E-state index in [1.165, 1.54) is 23.7 Å². The van der Waals surface area contributed by atoms with E-state index in [4.69, 9.17) is 21.9 Å². The lowest BCUT2D eigenvalue weighted by molar-refractivity contribution is -0.114. The normalized spacial score (nSPS) is 16.6. The first-order valence-electron chi connectivity index (χ1n) is 13.5. The number of methoxy groups -OCH3 is 1. The Hall–Kier alpha value is -4.17. The summed E-state index contributed by atoms with van der Waals surface area (Å²) in [6, 6.07) is 20.1. The summed E-state index contributed by atoms with van der Waals surface area (Å²) in [6.45, 7) is 10.2. The molecule has 0 unspecified atom stereocenters. The van der Waals surface area contributed by atoms with E-state index in [0.717, 1.165) is 34.8 Å². The van der Waals surface area contributed by atoms with Crippen molar-refractivity contribution < 1.29 is 9.53 Å². The van der Waals surface area contributed by atoms with Crippen LogP contribution in [0.3, 0.4) is 0 Å². The number of thiocarbonyl (C=S) groups is 1. The first-order chi connectivity index (χ1) is 19.2. The first kappa shape index (κ1) is 27.4. The maximum atomic E-state index is 12.0. The lowest BCUT2D eigenvalue weighted by atomic mass is 9.96. The number of hydrogen-bond donors (Lipinski definition) is 2. The molecule has 0 saturated carbocycles. The van der Waals surface area contributed by atoms with Crippen molar-refractivity contribution in [2.24, 2.45) is 0 Å². The average molecular weight is 554 g/mol. The Labute approximate surface area is 241 Å². The van der Waals surface area contributed by atoms with Crippen LogP contribution in [0.2, 0.25) is 0 Å². The Morgan fingerprint density at radius 1 is 1.10 bits per heavy atom. The number of hydrogen-bond acceptors (Lipinski definition) is 4. The second-order valence-corrected chi connectivity index (χ2v) is 10.5. The van der Waals surface area contributed by atoms with Crippen LogP contribution < -0.4 is 20.3 Å². The number of aryl methyl sites for hydroxylation is 3. The van der Waals surface area contributed by atoms with Gasteiger partial charge in [0.15, 0.2) is 5.11 Å². The number of rotatable bonds is 7. The predicted molar refractivity (Wildman–Crippen MR) is 165 cm³/mol. The Bertz CT molecular complexity index is 1580. The van der Waals surface area contributed by atoms with E-state index < -0.39 is 0 Å². The number of carbonyl (C=O) groups is 1. The van der Waals surface area contributed by atoms with Gasteiger partial charge >= 0.3 is 0 Å². The fraction of sp³-hybridized carbons (Fsp3) is 0.281. The van der Waals surface area contributed by atoms with E-state index in [2.05, 4.69) is 72.1 Å². The van der Waals surface area contributed by atoms with E-state index in [1.807, 2.05) is 42.6 Å². The van der Waals surface area contributed by atoms with Crippen molar-refractivity contribution in [1.29, 1.82) is 0 Å². The van der Waals surface area contributed by atoms with Crippen molar-refractivity contribution >= 4 is 34.6 Å². The molecule has 2 atom stereocenters. The Balaban J connectivity index is 1.71. The van der Waals surface area contributed by atoms with E-state index in [0.29, 0.717) is 16.5 Å². The highest BCUT2D eigenvalue weighted by Gasteiger charge is 2.42. The van der Waals surface area contributed by atoms with Gasteiger partial charge < -0.3 is 24.8 Å². The van der Waals surface area contributed by atoms with Crippen molar-refractivity contribution in [2.75, 3.05) is 17.3 Å². The van der Waals surface area contributed by atoms with Gasteiger partial charge in [-0.3, -0.25) is 9.78 Å². The molecule has 0 spiro atoms. The third kappa shape index (κ3) is 4.84. The minimum absolute atomic E-state index is 0.172. The molecule has 0 bridgehead atoms. The van der Waals surface area contributed by atoms with Gasteiger partial charge in [-0.1, -0.05) is 31.2 Å². The average Bonchev–Trinajstić information content (AvgIpc) is 3.43. The van der Waals surface area contributed by atoms with Crippen molar-refractivity contribution in [3.8, 4) is 11.4 Å². The number of pyridine rings is 1. The van der Waals surface area contributed by atoms with Gasteiger partial charge in [-0.05, 0) is 92.5 Å². The lowest BCUT2D eigenvalue weighted by Gasteiger charge is -2.29. The van der Waals surface area contributed by atoms with E-state index in [1.54, 1.807) is 7.11 Å². The number of benzene rings is 2. The molecule has 206 valence electrons. The van der Waals surface area contributed by atoms with Crippen molar-refractivity contribution in [2.45, 2.75) is 53.1 Å². The summed E-state index contributed by atoms with van der Waals surface area (Å²) < 4.78 is 7.89. The van der Waals surface area contributed by atoms with Gasteiger partial charge in [-0.15, -0.1) is 0 Å². The van der Waals surface area contributed by atoms with Gasteiger partial charge in [0.25, 0.3) is 0 Å². The Morgan fingerprint density at radius 3 is 2.58 bits per heavy atom. The number of aromatic nitrogens is 2. The molecule has 1 aliphatic heterocycles. The standard InChI is InChI=1S/C32H35N5O2S/c1-7-23-12-10-11-19(2)30(23)36-20(3)17-25(21(36)4)31-29(26-13-8-9-16-33-26)35-32(40)37(31)24-14-15-28(39-6)27(18-24)34-22(5)38/h8-18,29,31H,7H2,1-6H3,(H,34,38)(H,35,40)/t29-,31-/m1/s1. The first-order valence-corrected chi connectivity index (χ1v) is 13.9. The molecule has 3 heterocycles. The molecule has 4 aromatic rings. The second kappa shape index (κ2) is 11.1. The fourth-order valence-corrected chi connectivity index (χ4v) is 6.18. The van der Waals surface area contributed by atoms with Crippen LogP contribution in [0, 0.1) is 20.8 Å². The van der Waals surface area contributed by atoms with E-state index >= 15 is 0 Å². The minimum Gasteiger partial charge on any atom is -0.495 e. The molecule has 2 aromatic carbocycles. The monoisotopic (exact) mass is 553 g/mol. The highest BCUT2D eigenvalue weighted by Crippen LogP contribution is 2.45. The summed E-state index contributed by atoms with van der Waals surface area (Å²) in [5, 5.41) is 7.04. The van der Waals surface area contributed by atoms with Gasteiger partial charge in [0, 0.05) is 30.2 Å². The highest BCUT2D eigenvalue weighted by atomic mass is 32.1. The Kier molecular flexibility index (Phi) is 7.63. The zero-order valence-corrected chi connectivity index (χ0v) is 24.6. The fourth-order valence-electron chi connectivity index (χ4n) is 5.84. The van der Waals surface area contributed by atoms with Gasteiger partial charge in [0.05, 0.1) is 36.3 Å². The van der Waals surface area contributed by atoms with Crippen LogP contribution in [-0.4, -0.2) is 27.7 Å². The summed E-state index contributed by atoms with van der Waals surface area (Å²) in [5.74, 6) is 0.411. The zero-order chi connectivity index (χ0) is 28.6. The molecular weight excluding hydrogens is 518 g/mol. The molecule has 1 fully saturated rings. The molecule has 0 aliphatic carbocycles. The number of nitrogens with one attached hydrogen (secondary N) is 2. The molecule has 7 nitrogen and oxygen atoms in total. The maximum absolute atomic E-state index is 12.0. The molecule has 5 rings (SSSR count). The smallest absolute Gasteiger partial charge is 0.221 e. The van der Waals surface area contributed by atoms with Crippen molar-refractivity contribution in [1.82, 2.24) is 14.9 Å². The largest absolute Gasteiger partial charge is 0.495 e. The van der Waals surface area contributed by atoms with E-state index in [9.17, 15) is 4.79 Å². The SMILES string of the molecule is CCc1cccc(C)c1-n1c(C)cc([C@@H]2[C@@H](c3ccccn3)NC(=S)N2c2ccc(OC)c(NC(C)=O)c2)c1C. The third-order valence-electron chi connectivity index (χ3n) is 7.58. The molecule has 2 N–H and O–H groups in total. The summed E-state index contributed by atoms with van der Waals surface area (Å²) in [7, 11) is 1.59. The number of amides is 1. The van der Waals surface area contributed by atoms with Gasteiger partial charge in [0.2, 0.25) is 5.91 Å². The third-order valence-corrected chi connectivity index (χ3v) is 7.90. The quantitative estimate of drug-likeness (QED) is 0.255. The number of carbonyl (C=O) groups excluding carboxylic acids is 1. The van der Waals surface area contributed by atoms with Crippen molar-refractivity contribution in [3.63, 3.8) is 0 Å². The lowest BCUT2D eigenvalue weighted by Crippen LogP contribution is -2.29. The second-order valence-electron chi connectivity index (χ2n) is 10.2. The molecule has 1 saturated heterocycles. The molecule has 1 amide bonds. The Morgan fingerprint density at radius 2 is 1.90 bits per heavy atom. The van der Waals surface area contributed by atoms with Crippen LogP contribution in [0.15, 0.2) is 66.9 Å². The summed E-state index contributed by atoms with van der Waals surface area (Å²) in [5.41, 5.74) is 9.59. The summed E-state index contributed by atoms with van der Waals surface area (Å²) in [4.78, 5) is 18.8. The van der Waals surface area contributed by atoms with E-state index in [-0.39, 0.29) is 18.0 Å². The topological polar surface area (TPSA) is 71.4 Å². The molecule has 40 heavy (non-hydrogen) atoms. The van der Waals surface area contributed by atoms with Crippen LogP contribution in [0.25, 0.3) is 5.69 Å². The zero-order valence-electron chi connectivity index (χ0n) is 23.8. The van der Waals surface area contributed by atoms with Gasteiger partial charge in [-0.2, -0.15) is 0 Å². The maximum Gasteiger partial charge on any atom is 0.221 e. The molecule has 0 radical (unpaired) electrons. The highest BCUT2D eigenvalue weighted by molar-refractivity contribution is 7.80. The summed E-state index contributed by atoms with van der Waals surface area (Å²) in [6.07, 6.45) is 2.76. The predicted octanol–water partition coefficient (Wildman–Crippen LogP) is 6.50. The number of anilines is 2. The number of para-hydroxylation sites is 1. The van der Waals surface area contributed by atoms with Gasteiger partial charge in [-0.25, -0.2) is 0 Å². The molecule has 1 aliphatic rings. The molecule has 2 aromatic heterocycles. The van der Waals surface area contributed by atoms with Crippen molar-refractivity contribution in [3.05, 3.63) is 101 Å². The molecular formula is C32H35N5O2S. The number of nitrogens with zero attached hydrogens (tertiary/aromatic N) is 3. The van der Waals surface area contributed by atoms with Crippen LogP contribution in [0.4, 0.5) is 11.4 Å². The van der Waals surface area contributed by atoms with Crippen LogP contribution in [-0.2, 0) is 11.2 Å². The van der Waals surface area contributed by atoms with Crippen LogP contribution in [0.1, 0.15) is 59.7 Å². The van der Waals surface area contributed by atoms with Crippen LogP contribution >= 0.6 is 12.2 Å². The molecule has 8 heteroatoms. The number of ether oxygens (including phenoxy) is 1. The van der Waals surface area contributed by atoms with Gasteiger partial charge in [0.1, 0.15) is 5.75 Å². The van der Waals surface area contributed by atoms with Crippen LogP contribution in [0.5, 0.6) is 5.75 Å². The minimum atomic E-state index is -0.185.